The lowest BCUT2D eigenvalue weighted by Gasteiger charge is -2.34. The van der Waals surface area contributed by atoms with E-state index in [0.717, 1.165) is 30.1 Å². The first-order valence-electron chi connectivity index (χ1n) is 5.90. The molecule has 0 bridgehead atoms. The van der Waals surface area contributed by atoms with E-state index in [9.17, 15) is 0 Å². The smallest absolute Gasteiger partial charge is 0.124 e. The van der Waals surface area contributed by atoms with Gasteiger partial charge in [0, 0.05) is 29.7 Å². The van der Waals surface area contributed by atoms with Crippen LogP contribution in [0, 0.1) is 12.3 Å². The van der Waals surface area contributed by atoms with Crippen LogP contribution in [0.2, 0.25) is 0 Å². The van der Waals surface area contributed by atoms with E-state index < -0.39 is 0 Å². The van der Waals surface area contributed by atoms with E-state index in [1.165, 1.54) is 5.56 Å². The largest absolute Gasteiger partial charge is 0.384 e. The molecule has 17 heavy (non-hydrogen) atoms. The van der Waals surface area contributed by atoms with Crippen molar-refractivity contribution in [1.82, 2.24) is 0 Å². The van der Waals surface area contributed by atoms with E-state index in [4.69, 9.17) is 11.1 Å². The summed E-state index contributed by atoms with van der Waals surface area (Å²) in [5.74, 6) is 1.31. The van der Waals surface area contributed by atoms with Gasteiger partial charge in [0.2, 0.25) is 0 Å². The van der Waals surface area contributed by atoms with Gasteiger partial charge in [-0.2, -0.15) is 11.8 Å². The van der Waals surface area contributed by atoms with Crippen molar-refractivity contribution in [2.75, 3.05) is 23.7 Å². The quantitative estimate of drug-likeness (QED) is 0.624. The molecule has 1 aromatic carbocycles. The maximum atomic E-state index is 7.69. The first-order valence-corrected chi connectivity index (χ1v) is 6.95. The van der Waals surface area contributed by atoms with Crippen LogP contribution in [-0.4, -0.2) is 29.9 Å². The number of nitrogens with one attached hydrogen (secondary N) is 1. The van der Waals surface area contributed by atoms with E-state index in [-0.39, 0.29) is 5.84 Å². The Hall–Kier alpha value is -1.16. The fourth-order valence-electron chi connectivity index (χ4n) is 2.32. The summed E-state index contributed by atoms with van der Waals surface area (Å²) in [6.45, 7) is 6.42. The zero-order valence-electron chi connectivity index (χ0n) is 10.4. The van der Waals surface area contributed by atoms with Crippen molar-refractivity contribution >= 4 is 23.3 Å². The van der Waals surface area contributed by atoms with Gasteiger partial charge in [0.05, 0.1) is 5.69 Å². The van der Waals surface area contributed by atoms with Crippen molar-refractivity contribution < 1.29 is 0 Å². The Balaban J connectivity index is 2.39. The Labute approximate surface area is 107 Å². The number of aryl methyl sites for hydroxylation is 1. The second-order valence-corrected chi connectivity index (χ2v) is 6.06. The molecule has 1 aliphatic rings. The fourth-order valence-corrected chi connectivity index (χ4v) is 3.33. The van der Waals surface area contributed by atoms with Crippen LogP contribution in [0.4, 0.5) is 5.69 Å². The summed E-state index contributed by atoms with van der Waals surface area (Å²) in [4.78, 5) is 2.37. The van der Waals surface area contributed by atoms with Gasteiger partial charge in [-0.1, -0.05) is 19.1 Å². The molecular weight excluding hydrogens is 230 g/mol. The number of nitrogen functional groups attached to an aromatic ring is 1. The lowest BCUT2D eigenvalue weighted by molar-refractivity contribution is 0.779. The number of amidine groups is 1. The first-order chi connectivity index (χ1) is 8.09. The molecule has 92 valence electrons. The van der Waals surface area contributed by atoms with Crippen molar-refractivity contribution in [3.63, 3.8) is 0 Å². The maximum absolute atomic E-state index is 7.69. The second kappa shape index (κ2) is 5.00. The van der Waals surface area contributed by atoms with Gasteiger partial charge in [0.25, 0.3) is 0 Å². The molecule has 0 saturated carbocycles. The summed E-state index contributed by atoms with van der Waals surface area (Å²) >= 11 is 2.01. The fraction of sp³-hybridized carbons (Fsp3) is 0.462. The Morgan fingerprint density at radius 1 is 1.53 bits per heavy atom. The number of hydrogen-bond acceptors (Lipinski definition) is 3. The zero-order valence-corrected chi connectivity index (χ0v) is 11.2. The molecule has 3 N–H and O–H groups in total. The van der Waals surface area contributed by atoms with Crippen LogP contribution in [-0.2, 0) is 0 Å². The molecule has 0 aromatic heterocycles. The Kier molecular flexibility index (Phi) is 3.62. The molecule has 1 fully saturated rings. The minimum Gasteiger partial charge on any atom is -0.384 e. The number of hydrogen-bond donors (Lipinski definition) is 2. The number of rotatable bonds is 2. The molecule has 1 aliphatic heterocycles. The predicted octanol–water partition coefficient (Wildman–Crippen LogP) is 2.22. The normalized spacial score (nSPS) is 20.4. The van der Waals surface area contributed by atoms with Gasteiger partial charge in [-0.3, -0.25) is 5.41 Å². The molecule has 3 nitrogen and oxygen atoms in total. The third kappa shape index (κ3) is 2.57. The molecule has 2 rings (SSSR count). The Morgan fingerprint density at radius 2 is 2.29 bits per heavy atom. The highest BCUT2D eigenvalue weighted by Gasteiger charge is 2.21. The summed E-state index contributed by atoms with van der Waals surface area (Å²) in [5, 5.41) is 8.33. The van der Waals surface area contributed by atoms with Crippen molar-refractivity contribution in [2.24, 2.45) is 5.73 Å². The average Bonchev–Trinajstić information content (AvgIpc) is 2.28. The van der Waals surface area contributed by atoms with Gasteiger partial charge >= 0.3 is 0 Å². The van der Waals surface area contributed by atoms with Crippen LogP contribution >= 0.6 is 11.8 Å². The van der Waals surface area contributed by atoms with E-state index in [2.05, 4.69) is 24.8 Å². The minimum absolute atomic E-state index is 0.162. The van der Waals surface area contributed by atoms with Gasteiger partial charge in [-0.05, 0) is 18.6 Å². The molecule has 0 aliphatic carbocycles. The maximum Gasteiger partial charge on any atom is 0.124 e. The van der Waals surface area contributed by atoms with Crippen LogP contribution in [0.25, 0.3) is 0 Å². The van der Waals surface area contributed by atoms with Crippen molar-refractivity contribution in [3.8, 4) is 0 Å². The van der Waals surface area contributed by atoms with Crippen molar-refractivity contribution in [3.05, 3.63) is 29.3 Å². The number of nitrogens with zero attached hydrogens (tertiary/aromatic N) is 1. The Bertz CT molecular complexity index is 431. The minimum atomic E-state index is 0.162. The predicted molar refractivity (Wildman–Crippen MR) is 76.3 cm³/mol. The molecule has 1 aromatic rings. The molecule has 0 spiro atoms. The van der Waals surface area contributed by atoms with Gasteiger partial charge in [-0.25, -0.2) is 0 Å². The topological polar surface area (TPSA) is 53.1 Å². The van der Waals surface area contributed by atoms with Crippen LogP contribution in [0.1, 0.15) is 18.1 Å². The highest BCUT2D eigenvalue weighted by molar-refractivity contribution is 8.00. The lowest BCUT2D eigenvalue weighted by Crippen LogP contribution is -2.38. The number of thioether (sulfide) groups is 1. The standard InChI is InChI=1S/C13H19N3S/c1-9-4-3-5-11(13(14)15)12(9)16-6-7-17-10(2)8-16/h3-5,10H,6-8H2,1-2H3,(H3,14,15). The summed E-state index contributed by atoms with van der Waals surface area (Å²) < 4.78 is 0. The second-order valence-electron chi connectivity index (χ2n) is 4.51. The molecule has 0 amide bonds. The number of para-hydroxylation sites is 1. The molecular formula is C13H19N3S. The van der Waals surface area contributed by atoms with Crippen molar-refractivity contribution in [1.29, 1.82) is 5.41 Å². The number of nitrogens with two attached hydrogens (primary N) is 1. The van der Waals surface area contributed by atoms with Crippen LogP contribution in [0.3, 0.4) is 0 Å². The average molecular weight is 249 g/mol. The summed E-state index contributed by atoms with van der Waals surface area (Å²) in [5.41, 5.74) is 8.89. The highest BCUT2D eigenvalue weighted by Crippen LogP contribution is 2.29. The van der Waals surface area contributed by atoms with E-state index in [1.807, 2.05) is 23.9 Å². The van der Waals surface area contributed by atoms with Gasteiger partial charge in [-0.15, -0.1) is 0 Å². The summed E-state index contributed by atoms with van der Waals surface area (Å²) in [7, 11) is 0. The van der Waals surface area contributed by atoms with Crippen LogP contribution < -0.4 is 10.6 Å². The van der Waals surface area contributed by atoms with Crippen LogP contribution in [0.5, 0.6) is 0 Å². The highest BCUT2D eigenvalue weighted by atomic mass is 32.2. The first kappa shape index (κ1) is 12.3. The lowest BCUT2D eigenvalue weighted by atomic mass is 10.1. The molecule has 0 radical (unpaired) electrons. The summed E-state index contributed by atoms with van der Waals surface area (Å²) in [6.07, 6.45) is 0. The van der Waals surface area contributed by atoms with Gasteiger partial charge in [0.15, 0.2) is 0 Å². The zero-order chi connectivity index (χ0) is 12.4. The Morgan fingerprint density at radius 3 is 2.94 bits per heavy atom. The van der Waals surface area contributed by atoms with E-state index in [1.54, 1.807) is 0 Å². The van der Waals surface area contributed by atoms with Crippen molar-refractivity contribution in [2.45, 2.75) is 19.1 Å². The number of anilines is 1. The molecule has 4 heteroatoms. The molecule has 1 atom stereocenters. The molecule has 1 heterocycles. The van der Waals surface area contributed by atoms with Crippen LogP contribution in [0.15, 0.2) is 18.2 Å². The monoisotopic (exact) mass is 249 g/mol. The SMILES string of the molecule is Cc1cccc(C(=N)N)c1N1CCSC(C)C1. The molecule has 1 saturated heterocycles. The van der Waals surface area contributed by atoms with E-state index >= 15 is 0 Å². The van der Waals surface area contributed by atoms with E-state index in [0.29, 0.717) is 5.25 Å². The third-order valence-electron chi connectivity index (χ3n) is 3.09. The number of benzene rings is 1. The third-order valence-corrected chi connectivity index (χ3v) is 4.22. The van der Waals surface area contributed by atoms with Gasteiger partial charge < -0.3 is 10.6 Å². The van der Waals surface area contributed by atoms with Gasteiger partial charge in [0.1, 0.15) is 5.84 Å². The summed E-state index contributed by atoms with van der Waals surface area (Å²) in [6, 6.07) is 6.00. The molecule has 1 unspecified atom stereocenters.